The van der Waals surface area contributed by atoms with E-state index in [1.807, 2.05) is 62.4 Å². The van der Waals surface area contributed by atoms with Crippen LogP contribution >= 0.6 is 0 Å². The summed E-state index contributed by atoms with van der Waals surface area (Å²) in [6.45, 7) is 5.82. The highest BCUT2D eigenvalue weighted by Gasteiger charge is 2.35. The molecule has 0 unspecified atom stereocenters. The number of nitrogens with zero attached hydrogens (tertiary/aromatic N) is 1. The smallest absolute Gasteiger partial charge is 0.232 e. The van der Waals surface area contributed by atoms with Crippen molar-refractivity contribution in [1.82, 2.24) is 4.90 Å². The third kappa shape index (κ3) is 3.65. The molecule has 2 heterocycles. The maximum Gasteiger partial charge on any atom is 0.232 e. The fourth-order valence-corrected chi connectivity index (χ4v) is 4.26. The Morgan fingerprint density at radius 3 is 2.59 bits per heavy atom. The van der Waals surface area contributed by atoms with Gasteiger partial charge in [0.25, 0.3) is 0 Å². The van der Waals surface area contributed by atoms with Gasteiger partial charge >= 0.3 is 0 Å². The zero-order valence-electron chi connectivity index (χ0n) is 18.5. The van der Waals surface area contributed by atoms with Crippen LogP contribution in [0.25, 0.3) is 6.08 Å². The van der Waals surface area contributed by atoms with E-state index in [0.29, 0.717) is 30.3 Å². The molecule has 0 radical (unpaired) electrons. The molecule has 2 aliphatic heterocycles. The lowest BCUT2D eigenvalue weighted by molar-refractivity contribution is 0.0872. The lowest BCUT2D eigenvalue weighted by Gasteiger charge is -2.30. The van der Waals surface area contributed by atoms with Crippen molar-refractivity contribution in [2.75, 3.05) is 13.8 Å². The molecule has 5 heteroatoms. The first-order valence-electron chi connectivity index (χ1n) is 10.7. The Hall–Kier alpha value is -3.57. The van der Waals surface area contributed by atoms with E-state index in [1.165, 1.54) is 5.56 Å². The van der Waals surface area contributed by atoms with Crippen LogP contribution in [0, 0.1) is 13.8 Å². The van der Waals surface area contributed by atoms with E-state index < -0.39 is 0 Å². The highest BCUT2D eigenvalue weighted by Crippen LogP contribution is 2.44. The molecule has 3 aromatic rings. The Balaban J connectivity index is 1.44. The SMILES string of the molecule is COc1ccc(CN2COc3cc(C)c4c(c3C2)O/C(=C\c2ccccc2C)C4=O)cc1. The van der Waals surface area contributed by atoms with E-state index >= 15 is 0 Å². The lowest BCUT2D eigenvalue weighted by Crippen LogP contribution is -2.31. The van der Waals surface area contributed by atoms with Gasteiger partial charge in [-0.15, -0.1) is 0 Å². The number of aryl methyl sites for hydroxylation is 2. The van der Waals surface area contributed by atoms with Crippen molar-refractivity contribution in [3.63, 3.8) is 0 Å². The zero-order chi connectivity index (χ0) is 22.2. The lowest BCUT2D eigenvalue weighted by atomic mass is 9.98. The van der Waals surface area contributed by atoms with E-state index in [4.69, 9.17) is 14.2 Å². The predicted octanol–water partition coefficient (Wildman–Crippen LogP) is 5.28. The molecule has 5 nitrogen and oxygen atoms in total. The molecule has 0 amide bonds. The summed E-state index contributed by atoms with van der Waals surface area (Å²) in [5.74, 6) is 2.54. The Labute approximate surface area is 187 Å². The topological polar surface area (TPSA) is 48.0 Å². The van der Waals surface area contributed by atoms with Gasteiger partial charge < -0.3 is 14.2 Å². The molecule has 0 aromatic heterocycles. The first kappa shape index (κ1) is 20.3. The fraction of sp³-hybridized carbons (Fsp3) is 0.222. The molecule has 0 saturated carbocycles. The van der Waals surface area contributed by atoms with Crippen LogP contribution in [-0.2, 0) is 13.1 Å². The number of benzene rings is 3. The minimum Gasteiger partial charge on any atom is -0.497 e. The third-order valence-corrected chi connectivity index (χ3v) is 6.03. The standard InChI is InChI=1S/C27H25NO4/c1-17-6-4-5-7-20(17)13-24-26(29)25-18(2)12-23-22(27(25)32-24)15-28(16-31-23)14-19-8-10-21(30-3)11-9-19/h4-13H,14-16H2,1-3H3/b24-13-. The third-order valence-electron chi connectivity index (χ3n) is 6.03. The number of hydrogen-bond acceptors (Lipinski definition) is 5. The molecule has 2 aliphatic rings. The fourth-order valence-electron chi connectivity index (χ4n) is 4.26. The van der Waals surface area contributed by atoms with E-state index in [-0.39, 0.29) is 5.78 Å². The molecule has 0 spiro atoms. The molecule has 162 valence electrons. The number of ether oxygens (including phenoxy) is 3. The minimum atomic E-state index is -0.0733. The number of ketones is 1. The summed E-state index contributed by atoms with van der Waals surface area (Å²) in [7, 11) is 1.66. The van der Waals surface area contributed by atoms with Crippen molar-refractivity contribution in [1.29, 1.82) is 0 Å². The van der Waals surface area contributed by atoms with Crippen LogP contribution < -0.4 is 14.2 Å². The molecule has 0 bridgehead atoms. The Morgan fingerprint density at radius 1 is 1.06 bits per heavy atom. The van der Waals surface area contributed by atoms with Crippen molar-refractivity contribution in [2.45, 2.75) is 26.9 Å². The highest BCUT2D eigenvalue weighted by atomic mass is 16.5. The van der Waals surface area contributed by atoms with E-state index in [1.54, 1.807) is 7.11 Å². The summed E-state index contributed by atoms with van der Waals surface area (Å²) in [5.41, 5.74) is 5.68. The summed E-state index contributed by atoms with van der Waals surface area (Å²) >= 11 is 0. The number of carbonyl (C=O) groups is 1. The highest BCUT2D eigenvalue weighted by molar-refractivity contribution is 6.16. The second-order valence-corrected chi connectivity index (χ2v) is 8.28. The number of carbonyl (C=O) groups excluding carboxylic acids is 1. The normalized spacial score (nSPS) is 16.3. The van der Waals surface area contributed by atoms with E-state index in [2.05, 4.69) is 17.0 Å². The molecule has 32 heavy (non-hydrogen) atoms. The van der Waals surface area contributed by atoms with Gasteiger partial charge in [0.15, 0.2) is 5.76 Å². The number of methoxy groups -OCH3 is 1. The number of fused-ring (bicyclic) bond motifs is 3. The van der Waals surface area contributed by atoms with Crippen molar-refractivity contribution in [3.05, 3.63) is 93.7 Å². The van der Waals surface area contributed by atoms with Crippen LogP contribution in [0.4, 0.5) is 0 Å². The zero-order valence-corrected chi connectivity index (χ0v) is 18.5. The molecule has 0 aliphatic carbocycles. The molecule has 5 rings (SSSR count). The van der Waals surface area contributed by atoms with Gasteiger partial charge in [-0.05, 0) is 60.4 Å². The van der Waals surface area contributed by atoms with Crippen LogP contribution in [0.15, 0.2) is 60.4 Å². The molecular weight excluding hydrogens is 402 g/mol. The van der Waals surface area contributed by atoms with Gasteiger partial charge in [0.1, 0.15) is 24.0 Å². The monoisotopic (exact) mass is 427 g/mol. The Morgan fingerprint density at radius 2 is 1.84 bits per heavy atom. The van der Waals surface area contributed by atoms with Crippen LogP contribution in [0.2, 0.25) is 0 Å². The van der Waals surface area contributed by atoms with Gasteiger partial charge in [-0.25, -0.2) is 0 Å². The summed E-state index contributed by atoms with van der Waals surface area (Å²) in [5, 5.41) is 0. The average molecular weight is 428 g/mol. The second kappa shape index (κ2) is 8.17. The van der Waals surface area contributed by atoms with Crippen LogP contribution in [0.5, 0.6) is 17.2 Å². The van der Waals surface area contributed by atoms with Crippen molar-refractivity contribution < 1.29 is 19.0 Å². The first-order valence-corrected chi connectivity index (χ1v) is 10.7. The van der Waals surface area contributed by atoms with Gasteiger partial charge in [0.2, 0.25) is 5.78 Å². The largest absolute Gasteiger partial charge is 0.497 e. The first-order chi connectivity index (χ1) is 15.5. The second-order valence-electron chi connectivity index (χ2n) is 8.28. The summed E-state index contributed by atoms with van der Waals surface area (Å²) in [6.07, 6.45) is 1.84. The number of hydrogen-bond donors (Lipinski definition) is 0. The molecule has 0 saturated heterocycles. The molecule has 3 aromatic carbocycles. The molecular formula is C27H25NO4. The number of allylic oxidation sites excluding steroid dienone is 1. The molecule has 0 fully saturated rings. The van der Waals surface area contributed by atoms with Gasteiger partial charge in [-0.2, -0.15) is 0 Å². The maximum absolute atomic E-state index is 13.2. The quantitative estimate of drug-likeness (QED) is 0.530. The Bertz CT molecular complexity index is 1230. The number of Topliss-reactive ketones (excluding diaryl/α,β-unsaturated/α-hetero) is 1. The summed E-state index contributed by atoms with van der Waals surface area (Å²) < 4.78 is 17.5. The van der Waals surface area contributed by atoms with Crippen LogP contribution in [0.1, 0.15) is 38.2 Å². The van der Waals surface area contributed by atoms with Crippen molar-refractivity contribution >= 4 is 11.9 Å². The van der Waals surface area contributed by atoms with Gasteiger partial charge in [-0.3, -0.25) is 9.69 Å². The van der Waals surface area contributed by atoms with E-state index in [0.717, 1.165) is 40.3 Å². The van der Waals surface area contributed by atoms with Crippen LogP contribution in [0.3, 0.4) is 0 Å². The summed E-state index contributed by atoms with van der Waals surface area (Å²) in [6, 6.07) is 17.9. The number of rotatable bonds is 4. The average Bonchev–Trinajstić information content (AvgIpc) is 3.13. The van der Waals surface area contributed by atoms with Gasteiger partial charge in [0, 0.05) is 13.1 Å². The Kier molecular flexibility index (Phi) is 5.19. The molecule has 0 atom stereocenters. The van der Waals surface area contributed by atoms with Crippen molar-refractivity contribution in [3.8, 4) is 17.2 Å². The van der Waals surface area contributed by atoms with Crippen LogP contribution in [-0.4, -0.2) is 24.5 Å². The molecule has 0 N–H and O–H groups in total. The predicted molar refractivity (Wildman–Crippen MR) is 123 cm³/mol. The van der Waals surface area contributed by atoms with E-state index in [9.17, 15) is 4.79 Å². The summed E-state index contributed by atoms with van der Waals surface area (Å²) in [4.78, 5) is 15.4. The van der Waals surface area contributed by atoms with Crippen molar-refractivity contribution in [2.24, 2.45) is 0 Å². The minimum absolute atomic E-state index is 0.0733. The van der Waals surface area contributed by atoms with Gasteiger partial charge in [0.05, 0.1) is 18.2 Å². The van der Waals surface area contributed by atoms with Gasteiger partial charge in [-0.1, -0.05) is 36.4 Å². The maximum atomic E-state index is 13.2.